The molecule has 5 heteroatoms. The summed E-state index contributed by atoms with van der Waals surface area (Å²) in [5, 5.41) is 2.00. The molecule has 3 N–H and O–H groups in total. The maximum absolute atomic E-state index is 10.1. The van der Waals surface area contributed by atoms with Crippen molar-refractivity contribution in [1.82, 2.24) is 5.09 Å². The third-order valence-corrected chi connectivity index (χ3v) is 1.48. The first-order valence-electron chi connectivity index (χ1n) is 3.21. The number of hydrogen-bond donors (Lipinski definition) is 3. The lowest BCUT2D eigenvalue weighted by molar-refractivity contribution is 0.361. The van der Waals surface area contributed by atoms with E-state index in [1.165, 1.54) is 6.54 Å². The average molecular weight is 166 g/mol. The van der Waals surface area contributed by atoms with Crippen LogP contribution in [0.25, 0.3) is 0 Å². The monoisotopic (exact) mass is 166 g/mol. The Bertz CT molecular complexity index is 122. The van der Waals surface area contributed by atoms with Gasteiger partial charge in [0.25, 0.3) is 0 Å². The lowest BCUT2D eigenvalue weighted by atomic mass is 10.3. The molecule has 61 valence electrons. The molecule has 4 nitrogen and oxygen atoms in total. The third kappa shape index (κ3) is 8.11. The molecule has 0 unspecified atom stereocenters. The molecule has 0 aliphatic carbocycles. The van der Waals surface area contributed by atoms with Crippen molar-refractivity contribution in [2.24, 2.45) is 0 Å². The highest BCUT2D eigenvalue weighted by Gasteiger charge is 2.09. The number of nitrogens with one attached hydrogen (secondary N) is 1. The first kappa shape index (κ1) is 10.1. The summed E-state index contributed by atoms with van der Waals surface area (Å²) in [4.78, 5) is 16.6. The lowest BCUT2D eigenvalue weighted by Crippen LogP contribution is -2.04. The SMILES string of the molecule is CCCC[CH]NP(=O)(O)O. The van der Waals surface area contributed by atoms with Crippen LogP contribution in [0.4, 0.5) is 0 Å². The van der Waals surface area contributed by atoms with Crippen LogP contribution in [0.3, 0.4) is 0 Å². The zero-order valence-electron chi connectivity index (χ0n) is 5.95. The molecule has 0 rings (SSSR count). The topological polar surface area (TPSA) is 69.6 Å². The first-order chi connectivity index (χ1) is 4.56. The van der Waals surface area contributed by atoms with E-state index in [1.54, 1.807) is 0 Å². The summed E-state index contributed by atoms with van der Waals surface area (Å²) in [6, 6.07) is 0. The summed E-state index contributed by atoms with van der Waals surface area (Å²) in [7, 11) is -4.01. The van der Waals surface area contributed by atoms with Crippen LogP contribution < -0.4 is 5.09 Å². The van der Waals surface area contributed by atoms with Crippen LogP contribution in [0.1, 0.15) is 26.2 Å². The van der Waals surface area contributed by atoms with Crippen LogP contribution in [0.15, 0.2) is 0 Å². The van der Waals surface area contributed by atoms with E-state index in [2.05, 4.69) is 0 Å². The van der Waals surface area contributed by atoms with Gasteiger partial charge in [-0.25, -0.2) is 9.65 Å². The summed E-state index contributed by atoms with van der Waals surface area (Å²) >= 11 is 0. The Labute approximate surface area is 60.9 Å². The standard InChI is InChI=1S/C5H13NO3P/c1-2-3-4-5-6-10(7,8)9/h5H,2-4H2,1H3,(H3,6,7,8,9). The molecule has 0 atom stereocenters. The van der Waals surface area contributed by atoms with Crippen molar-refractivity contribution in [2.45, 2.75) is 26.2 Å². The maximum Gasteiger partial charge on any atom is 0.400 e. The lowest BCUT2D eigenvalue weighted by Gasteiger charge is -2.03. The molecule has 1 radical (unpaired) electrons. The number of hydrogen-bond acceptors (Lipinski definition) is 1. The highest BCUT2D eigenvalue weighted by atomic mass is 31.2. The average Bonchev–Trinajstić information content (AvgIpc) is 1.78. The predicted octanol–water partition coefficient (Wildman–Crippen LogP) is 1.02. The van der Waals surface area contributed by atoms with Gasteiger partial charge in [-0.05, 0) is 6.42 Å². The molecule has 0 spiro atoms. The molecule has 0 saturated carbocycles. The van der Waals surface area contributed by atoms with Gasteiger partial charge in [-0.1, -0.05) is 19.8 Å². The minimum atomic E-state index is -4.01. The van der Waals surface area contributed by atoms with Crippen molar-refractivity contribution < 1.29 is 14.4 Å². The van der Waals surface area contributed by atoms with Gasteiger partial charge in [-0.2, -0.15) is 0 Å². The Balaban J connectivity index is 3.13. The Hall–Kier alpha value is 0.110. The summed E-state index contributed by atoms with van der Waals surface area (Å²) in [5.41, 5.74) is 0. The van der Waals surface area contributed by atoms with Gasteiger partial charge in [-0.3, -0.25) is 0 Å². The summed E-state index contributed by atoms with van der Waals surface area (Å²) in [6.45, 7) is 3.43. The minimum Gasteiger partial charge on any atom is -0.313 e. The van der Waals surface area contributed by atoms with Gasteiger partial charge in [0.05, 0.1) is 0 Å². The van der Waals surface area contributed by atoms with Crippen molar-refractivity contribution >= 4 is 7.75 Å². The molecule has 0 aromatic heterocycles. The van der Waals surface area contributed by atoms with Crippen molar-refractivity contribution in [3.05, 3.63) is 6.54 Å². The highest BCUT2D eigenvalue weighted by molar-refractivity contribution is 7.49. The van der Waals surface area contributed by atoms with Gasteiger partial charge in [0.2, 0.25) is 0 Å². The molecule has 0 bridgehead atoms. The van der Waals surface area contributed by atoms with E-state index < -0.39 is 7.75 Å². The predicted molar refractivity (Wildman–Crippen MR) is 39.0 cm³/mol. The largest absolute Gasteiger partial charge is 0.400 e. The van der Waals surface area contributed by atoms with Gasteiger partial charge in [0.1, 0.15) is 0 Å². The normalized spacial score (nSPS) is 11.9. The van der Waals surface area contributed by atoms with E-state index in [0.29, 0.717) is 6.42 Å². The zero-order chi connectivity index (χ0) is 8.04. The fraction of sp³-hybridized carbons (Fsp3) is 0.800. The second-order valence-corrected chi connectivity index (χ2v) is 3.37. The van der Waals surface area contributed by atoms with Crippen LogP contribution in [0.5, 0.6) is 0 Å². The van der Waals surface area contributed by atoms with Crippen LogP contribution in [0, 0.1) is 6.54 Å². The minimum absolute atomic E-state index is 0.696. The third-order valence-electron chi connectivity index (χ3n) is 0.961. The Kier molecular flexibility index (Phi) is 4.91. The molecule has 0 aliphatic heterocycles. The van der Waals surface area contributed by atoms with Crippen LogP contribution in [-0.4, -0.2) is 9.79 Å². The highest BCUT2D eigenvalue weighted by Crippen LogP contribution is 2.28. The fourth-order valence-electron chi connectivity index (χ4n) is 0.490. The van der Waals surface area contributed by atoms with E-state index in [4.69, 9.17) is 9.79 Å². The first-order valence-corrected chi connectivity index (χ1v) is 4.82. The van der Waals surface area contributed by atoms with Crippen molar-refractivity contribution in [3.8, 4) is 0 Å². The molecule has 0 amide bonds. The van der Waals surface area contributed by atoms with Gasteiger partial charge in [-0.15, -0.1) is 0 Å². The van der Waals surface area contributed by atoms with E-state index in [1.807, 2.05) is 12.0 Å². The van der Waals surface area contributed by atoms with Gasteiger partial charge in [0, 0.05) is 6.54 Å². The molecule has 10 heavy (non-hydrogen) atoms. The summed E-state index contributed by atoms with van der Waals surface area (Å²) in [6.07, 6.45) is 2.67. The summed E-state index contributed by atoms with van der Waals surface area (Å²) < 4.78 is 10.1. The van der Waals surface area contributed by atoms with Gasteiger partial charge in [0.15, 0.2) is 0 Å². The van der Waals surface area contributed by atoms with Crippen molar-refractivity contribution in [1.29, 1.82) is 0 Å². The molecule has 0 aromatic rings. The zero-order valence-corrected chi connectivity index (χ0v) is 6.84. The van der Waals surface area contributed by atoms with E-state index >= 15 is 0 Å². The Morgan fingerprint density at radius 3 is 2.60 bits per heavy atom. The molecule has 0 aromatic carbocycles. The molecule has 0 heterocycles. The van der Waals surface area contributed by atoms with Gasteiger partial charge >= 0.3 is 7.75 Å². The van der Waals surface area contributed by atoms with Crippen LogP contribution in [0.2, 0.25) is 0 Å². The summed E-state index contributed by atoms with van der Waals surface area (Å²) in [5.74, 6) is 0. The van der Waals surface area contributed by atoms with E-state index in [-0.39, 0.29) is 0 Å². The van der Waals surface area contributed by atoms with E-state index in [0.717, 1.165) is 12.8 Å². The van der Waals surface area contributed by atoms with E-state index in [9.17, 15) is 4.57 Å². The fourth-order valence-corrected chi connectivity index (χ4v) is 0.857. The smallest absolute Gasteiger partial charge is 0.313 e. The quantitative estimate of drug-likeness (QED) is 0.421. The molecular formula is C5H13NO3P. The maximum atomic E-state index is 10.1. The van der Waals surface area contributed by atoms with Crippen LogP contribution >= 0.6 is 7.75 Å². The molecule has 0 aliphatic rings. The molecular weight excluding hydrogens is 153 g/mol. The molecule has 0 saturated heterocycles. The van der Waals surface area contributed by atoms with Gasteiger partial charge < -0.3 is 9.79 Å². The number of rotatable bonds is 5. The number of unbranched alkanes of at least 4 members (excludes halogenated alkanes) is 2. The Morgan fingerprint density at radius 1 is 1.60 bits per heavy atom. The molecule has 0 fully saturated rings. The van der Waals surface area contributed by atoms with Crippen LogP contribution in [-0.2, 0) is 4.57 Å². The van der Waals surface area contributed by atoms with Crippen molar-refractivity contribution in [2.75, 3.05) is 0 Å². The van der Waals surface area contributed by atoms with Crippen molar-refractivity contribution in [3.63, 3.8) is 0 Å². The Morgan fingerprint density at radius 2 is 2.20 bits per heavy atom. The second kappa shape index (κ2) is 4.85. The second-order valence-electron chi connectivity index (χ2n) is 2.02.